The maximum atomic E-state index is 10.7. The van der Waals surface area contributed by atoms with Gasteiger partial charge in [-0.15, -0.1) is 0 Å². The largest absolute Gasteiger partial charge is 3.00 e. The Kier molecular flexibility index (Phi) is 25.4. The fraction of sp³-hybridized carbons (Fsp3) is 0.375. The Balaban J connectivity index is -0.000000181. The van der Waals surface area contributed by atoms with E-state index in [-0.39, 0.29) is 42.1 Å². The summed E-state index contributed by atoms with van der Waals surface area (Å²) < 4.78 is 0. The fourth-order valence-corrected chi connectivity index (χ4v) is 1.50. The number of hydrogen-bond donors (Lipinski definition) is 3. The van der Waals surface area contributed by atoms with Crippen molar-refractivity contribution < 1.29 is 56.7 Å². The predicted molar refractivity (Wildman–Crippen MR) is 87.8 cm³/mol. The molecule has 1 aromatic carbocycles. The van der Waals surface area contributed by atoms with Crippen LogP contribution in [0.15, 0.2) is 41.5 Å². The van der Waals surface area contributed by atoms with Gasteiger partial charge >= 0.3 is 17.1 Å². The molecule has 1 aromatic rings. The Bertz CT molecular complexity index is 488. The molecule has 0 amide bonds. The molecule has 0 spiro atoms. The molecular formula is C16H22MnO8P-2. The van der Waals surface area contributed by atoms with Crippen molar-refractivity contribution in [1.82, 2.24) is 0 Å². The maximum absolute atomic E-state index is 10.7. The second-order valence-corrected chi connectivity index (χ2v) is 4.80. The molecule has 0 fully saturated rings. The van der Waals surface area contributed by atoms with Crippen LogP contribution in [0.1, 0.15) is 13.3 Å². The summed E-state index contributed by atoms with van der Waals surface area (Å²) >= 11 is 0. The van der Waals surface area contributed by atoms with Crippen molar-refractivity contribution in [2.24, 2.45) is 5.41 Å². The molecular weight excluding hydrogens is 406 g/mol. The third-order valence-electron chi connectivity index (χ3n) is 2.87. The molecule has 10 heteroatoms. The molecule has 0 aliphatic rings. The van der Waals surface area contributed by atoms with Gasteiger partial charge in [0.15, 0.2) is 0 Å². The van der Waals surface area contributed by atoms with Crippen LogP contribution in [-0.2, 0) is 26.7 Å². The molecule has 0 heterocycles. The summed E-state index contributed by atoms with van der Waals surface area (Å²) in [5, 5.41) is 27.2. The fourth-order valence-electron chi connectivity index (χ4n) is 1.50. The molecule has 0 atom stereocenters. The third kappa shape index (κ3) is 13.2. The monoisotopic (exact) mass is 428 g/mol. The zero-order valence-electron chi connectivity index (χ0n) is 14.4. The first kappa shape index (κ1) is 32.6. The molecule has 0 unspecified atom stereocenters. The van der Waals surface area contributed by atoms with E-state index in [4.69, 9.17) is 30.0 Å². The molecule has 0 bridgehead atoms. The summed E-state index contributed by atoms with van der Waals surface area (Å²) in [4.78, 5) is 46.7. The third-order valence-corrected chi connectivity index (χ3v) is 2.87. The molecule has 0 saturated heterocycles. The molecule has 26 heavy (non-hydrogen) atoms. The van der Waals surface area contributed by atoms with Crippen molar-refractivity contribution in [3.63, 3.8) is 0 Å². The molecule has 148 valence electrons. The summed E-state index contributed by atoms with van der Waals surface area (Å²) in [5.74, 6) is 3.03. The van der Waals surface area contributed by atoms with Gasteiger partial charge in [0.25, 0.3) is 0 Å². The van der Waals surface area contributed by atoms with Crippen LogP contribution in [0.25, 0.3) is 0 Å². The van der Waals surface area contributed by atoms with Crippen molar-refractivity contribution in [1.29, 1.82) is 0 Å². The van der Waals surface area contributed by atoms with Crippen LogP contribution in [0.4, 0.5) is 0 Å². The Morgan fingerprint density at radius 3 is 1.58 bits per heavy atom. The average molecular weight is 428 g/mol. The number of allylic oxidation sites excluding steroid dienone is 1. The number of aliphatic hydroxyl groups is 3. The van der Waals surface area contributed by atoms with E-state index in [1.807, 2.05) is 30.3 Å². The van der Waals surface area contributed by atoms with Crippen molar-refractivity contribution in [3.05, 3.63) is 48.9 Å². The molecule has 0 radical (unpaired) electrons. The van der Waals surface area contributed by atoms with Gasteiger partial charge in [0, 0.05) is 0 Å². The average Bonchev–Trinajstić information content (AvgIpc) is 3.15. The van der Waals surface area contributed by atoms with Gasteiger partial charge in [-0.1, -0.05) is 6.92 Å². The second-order valence-electron chi connectivity index (χ2n) is 4.35. The van der Waals surface area contributed by atoms with E-state index in [2.05, 4.69) is 0 Å². The molecule has 1 rings (SSSR count). The van der Waals surface area contributed by atoms with Crippen molar-refractivity contribution in [2.45, 2.75) is 13.3 Å². The van der Waals surface area contributed by atoms with E-state index >= 15 is 0 Å². The van der Waals surface area contributed by atoms with Crippen LogP contribution in [-0.4, -0.2) is 47.0 Å². The first-order valence-electron chi connectivity index (χ1n) is 6.69. The Morgan fingerprint density at radius 1 is 1.04 bits per heavy atom. The number of hydrogen-bond acceptors (Lipinski definition) is 8. The van der Waals surface area contributed by atoms with Crippen LogP contribution in [0.2, 0.25) is 0 Å². The molecule has 3 N–H and O–H groups in total. The first-order chi connectivity index (χ1) is 11.4. The quantitative estimate of drug-likeness (QED) is 0.154. The summed E-state index contributed by atoms with van der Waals surface area (Å²) in [6, 6.07) is 10.0. The van der Waals surface area contributed by atoms with Crippen molar-refractivity contribution in [2.75, 3.05) is 19.8 Å². The van der Waals surface area contributed by atoms with Crippen molar-refractivity contribution in [3.8, 4) is 0 Å². The summed E-state index contributed by atoms with van der Waals surface area (Å²) in [5.41, 5.74) is -1.74. The molecule has 0 saturated carbocycles. The minimum absolute atomic E-state index is 0. The molecule has 0 aliphatic carbocycles. The number of aliphatic hydroxyl groups excluding tert-OH is 3. The molecule has 0 aliphatic heterocycles. The zero-order valence-corrected chi connectivity index (χ0v) is 16.5. The topological polar surface area (TPSA) is 164 Å². The minimum Gasteiger partial charge on any atom is -0.854 e. The van der Waals surface area contributed by atoms with Crippen LogP contribution in [0.5, 0.6) is 0 Å². The number of rotatable bonds is 6. The summed E-state index contributed by atoms with van der Waals surface area (Å²) in [6.07, 6.45) is 0.218. The van der Waals surface area contributed by atoms with Crippen LogP contribution in [0.3, 0.4) is 0 Å². The van der Waals surface area contributed by atoms with Gasteiger partial charge in [0.1, 0.15) is 11.9 Å². The van der Waals surface area contributed by atoms with Gasteiger partial charge in [-0.2, -0.15) is 18.2 Å². The van der Waals surface area contributed by atoms with Crippen LogP contribution >= 0.6 is 8.60 Å². The van der Waals surface area contributed by atoms with Crippen LogP contribution in [0, 0.1) is 12.8 Å². The van der Waals surface area contributed by atoms with Crippen molar-refractivity contribution >= 4 is 20.5 Å². The first-order valence-corrected chi connectivity index (χ1v) is 7.79. The van der Waals surface area contributed by atoms with E-state index in [1.165, 1.54) is 5.94 Å². The van der Waals surface area contributed by atoms with E-state index in [0.717, 1.165) is 0 Å². The Morgan fingerprint density at radius 2 is 1.42 bits per heavy atom. The Labute approximate surface area is 165 Å². The van der Waals surface area contributed by atoms with E-state index < -0.39 is 33.8 Å². The number of carbonyl (C=O) groups excluding carboxylic acids is 2. The van der Waals surface area contributed by atoms with Gasteiger partial charge < -0.3 is 46.0 Å². The van der Waals surface area contributed by atoms with Gasteiger partial charge in [-0.25, -0.2) is 21.7 Å². The van der Waals surface area contributed by atoms with Gasteiger partial charge in [-0.3, -0.25) is 0 Å². The maximum Gasteiger partial charge on any atom is 3.00 e. The van der Waals surface area contributed by atoms with Gasteiger partial charge in [-0.05, 0) is 6.42 Å². The summed E-state index contributed by atoms with van der Waals surface area (Å²) in [7, 11) is -3.37. The van der Waals surface area contributed by atoms with Crippen LogP contribution < -0.4 is 14.7 Å². The van der Waals surface area contributed by atoms with E-state index in [9.17, 15) is 9.59 Å². The smallest absolute Gasteiger partial charge is 0.854 e. The predicted octanol–water partition coefficient (Wildman–Crippen LogP) is -1.98. The SMILES string of the molecule is CCC(=C=O)C(=C=O)C(CO)(CO)CO.[CH3-].[Mn+3].[O-]P([O-])[O-].c1cc[cH-]c1. The minimum atomic E-state index is -3.37. The summed E-state index contributed by atoms with van der Waals surface area (Å²) in [6.45, 7) is -0.310. The van der Waals surface area contributed by atoms with E-state index in [1.54, 1.807) is 12.9 Å². The van der Waals surface area contributed by atoms with Gasteiger partial charge in [0.05, 0.1) is 36.4 Å². The van der Waals surface area contributed by atoms with E-state index in [0.29, 0.717) is 0 Å². The normalized spacial score (nSPS) is 8.92. The van der Waals surface area contributed by atoms with Gasteiger partial charge in [0.2, 0.25) is 0 Å². The molecule has 0 aromatic heterocycles. The standard InChI is InChI=1S/C10H14O5.C5H5.CH3.Mn.O3P/c1-2-8(3-11)9(4-12)10(5-13,6-14)7-15;1-2-4-5-3-1;;;1-4(2)3/h13-15H,2,5-7H2,1H3;1-5H;1H3;;/q;2*-1;+3;-3. The molecule has 8 nitrogen and oxygen atoms in total. The zero-order chi connectivity index (χ0) is 19.0. The Hall–Kier alpha value is -1.04. The second kappa shape index (κ2) is 20.3.